The highest BCUT2D eigenvalue weighted by atomic mass is 16.5. The fourth-order valence-electron chi connectivity index (χ4n) is 2.53. The monoisotopic (exact) mass is 274 g/mol. The molecule has 1 aromatic carbocycles. The zero-order valence-corrected chi connectivity index (χ0v) is 12.2. The predicted octanol–water partition coefficient (Wildman–Crippen LogP) is 2.64. The second kappa shape index (κ2) is 6.74. The highest BCUT2D eigenvalue weighted by molar-refractivity contribution is 5.28. The summed E-state index contributed by atoms with van der Waals surface area (Å²) in [6.07, 6.45) is 2.08. The summed E-state index contributed by atoms with van der Waals surface area (Å²) in [4.78, 5) is 0. The topological polar surface area (TPSA) is 54.3 Å². The minimum atomic E-state index is -0.0341. The first kappa shape index (κ1) is 14.8. The van der Waals surface area contributed by atoms with E-state index in [2.05, 4.69) is 25.2 Å². The Labute approximate surface area is 120 Å². The van der Waals surface area contributed by atoms with Gasteiger partial charge < -0.3 is 14.8 Å². The standard InChI is InChI=1S/C16H22N2O2/c1-16(2)11-14(6-8-20-16)18-12-13-4-3-5-15(10-13)19-9-7-17/h3-5,10,14,18H,6,8-9,11-12H2,1-2H3. The van der Waals surface area contributed by atoms with Gasteiger partial charge in [0, 0.05) is 19.2 Å². The van der Waals surface area contributed by atoms with Crippen molar-refractivity contribution >= 4 is 0 Å². The van der Waals surface area contributed by atoms with Crippen LogP contribution in [-0.4, -0.2) is 24.9 Å². The van der Waals surface area contributed by atoms with Crippen molar-refractivity contribution in [1.82, 2.24) is 5.32 Å². The molecule has 4 nitrogen and oxygen atoms in total. The maximum absolute atomic E-state index is 8.52. The Balaban J connectivity index is 1.86. The van der Waals surface area contributed by atoms with Crippen LogP contribution in [0.25, 0.3) is 0 Å². The van der Waals surface area contributed by atoms with Gasteiger partial charge in [-0.2, -0.15) is 5.26 Å². The van der Waals surface area contributed by atoms with Crippen molar-refractivity contribution in [3.05, 3.63) is 29.8 Å². The van der Waals surface area contributed by atoms with Crippen molar-refractivity contribution in [2.24, 2.45) is 0 Å². The van der Waals surface area contributed by atoms with Crippen LogP contribution in [0.15, 0.2) is 24.3 Å². The lowest BCUT2D eigenvalue weighted by Gasteiger charge is -2.36. The van der Waals surface area contributed by atoms with Gasteiger partial charge in [-0.3, -0.25) is 0 Å². The molecule has 2 rings (SSSR count). The molecule has 1 aliphatic heterocycles. The third kappa shape index (κ3) is 4.52. The molecule has 0 amide bonds. The van der Waals surface area contributed by atoms with Gasteiger partial charge in [-0.15, -0.1) is 0 Å². The quantitative estimate of drug-likeness (QED) is 0.896. The average Bonchev–Trinajstić information content (AvgIpc) is 2.42. The first-order valence-electron chi connectivity index (χ1n) is 7.05. The van der Waals surface area contributed by atoms with Gasteiger partial charge in [-0.1, -0.05) is 12.1 Å². The normalized spacial score (nSPS) is 21.1. The number of nitrogens with zero attached hydrogens (tertiary/aromatic N) is 1. The van der Waals surface area contributed by atoms with Crippen LogP contribution in [0.5, 0.6) is 5.75 Å². The van der Waals surface area contributed by atoms with Crippen molar-refractivity contribution in [2.75, 3.05) is 13.2 Å². The molecule has 1 aromatic rings. The van der Waals surface area contributed by atoms with Crippen LogP contribution in [0.2, 0.25) is 0 Å². The van der Waals surface area contributed by atoms with Gasteiger partial charge in [0.1, 0.15) is 11.8 Å². The van der Waals surface area contributed by atoms with E-state index >= 15 is 0 Å². The molecule has 4 heteroatoms. The molecule has 108 valence electrons. The van der Waals surface area contributed by atoms with Gasteiger partial charge in [0.15, 0.2) is 6.61 Å². The summed E-state index contributed by atoms with van der Waals surface area (Å²) in [6.45, 7) is 5.99. The maximum Gasteiger partial charge on any atom is 0.174 e. The highest BCUT2D eigenvalue weighted by Crippen LogP contribution is 2.24. The van der Waals surface area contributed by atoms with Crippen LogP contribution >= 0.6 is 0 Å². The summed E-state index contributed by atoms with van der Waals surface area (Å²) < 4.78 is 11.0. The molecule has 0 saturated carbocycles. The highest BCUT2D eigenvalue weighted by Gasteiger charge is 2.28. The maximum atomic E-state index is 8.52. The fourth-order valence-corrected chi connectivity index (χ4v) is 2.53. The van der Waals surface area contributed by atoms with E-state index in [4.69, 9.17) is 14.7 Å². The number of nitriles is 1. The van der Waals surface area contributed by atoms with E-state index in [9.17, 15) is 0 Å². The van der Waals surface area contributed by atoms with Crippen LogP contribution in [0, 0.1) is 11.3 Å². The number of nitrogens with one attached hydrogen (secondary N) is 1. The Hall–Kier alpha value is -1.57. The molecular formula is C16H22N2O2. The molecule has 1 saturated heterocycles. The van der Waals surface area contributed by atoms with E-state index in [1.165, 1.54) is 5.56 Å². The first-order chi connectivity index (χ1) is 9.59. The number of hydrogen-bond acceptors (Lipinski definition) is 4. The van der Waals surface area contributed by atoms with Crippen molar-refractivity contribution < 1.29 is 9.47 Å². The molecule has 1 atom stereocenters. The molecule has 1 aliphatic rings. The van der Waals surface area contributed by atoms with Crippen molar-refractivity contribution in [2.45, 2.75) is 44.9 Å². The van der Waals surface area contributed by atoms with Gasteiger partial charge in [-0.05, 0) is 44.4 Å². The minimum Gasteiger partial charge on any atom is -0.479 e. The minimum absolute atomic E-state index is 0.0341. The molecule has 1 fully saturated rings. The summed E-state index contributed by atoms with van der Waals surface area (Å²) in [5, 5.41) is 12.1. The summed E-state index contributed by atoms with van der Waals surface area (Å²) in [7, 11) is 0. The Morgan fingerprint density at radius 1 is 1.50 bits per heavy atom. The van der Waals surface area contributed by atoms with E-state index in [1.807, 2.05) is 24.3 Å². The molecule has 0 aliphatic carbocycles. The summed E-state index contributed by atoms with van der Waals surface area (Å²) in [6, 6.07) is 10.3. The van der Waals surface area contributed by atoms with Crippen LogP contribution in [0.3, 0.4) is 0 Å². The van der Waals surface area contributed by atoms with E-state index < -0.39 is 0 Å². The average molecular weight is 274 g/mol. The molecule has 0 spiro atoms. The lowest BCUT2D eigenvalue weighted by molar-refractivity contribution is -0.0630. The third-order valence-corrected chi connectivity index (χ3v) is 3.49. The second-order valence-corrected chi connectivity index (χ2v) is 5.77. The molecule has 0 aromatic heterocycles. The molecule has 1 heterocycles. The third-order valence-electron chi connectivity index (χ3n) is 3.49. The van der Waals surface area contributed by atoms with E-state index in [0.29, 0.717) is 6.04 Å². The second-order valence-electron chi connectivity index (χ2n) is 5.77. The van der Waals surface area contributed by atoms with Gasteiger partial charge in [0.05, 0.1) is 5.60 Å². The predicted molar refractivity (Wildman–Crippen MR) is 77.4 cm³/mol. The Kier molecular flexibility index (Phi) is 4.99. The molecule has 20 heavy (non-hydrogen) atoms. The summed E-state index contributed by atoms with van der Waals surface area (Å²) >= 11 is 0. The molecule has 0 radical (unpaired) electrons. The van der Waals surface area contributed by atoms with E-state index in [-0.39, 0.29) is 12.2 Å². The van der Waals surface area contributed by atoms with E-state index in [1.54, 1.807) is 0 Å². The molecule has 1 N–H and O–H groups in total. The largest absolute Gasteiger partial charge is 0.479 e. The fraction of sp³-hybridized carbons (Fsp3) is 0.562. The summed E-state index contributed by atoms with van der Waals surface area (Å²) in [5.74, 6) is 0.748. The number of benzene rings is 1. The van der Waals surface area contributed by atoms with Gasteiger partial charge in [0.2, 0.25) is 0 Å². The van der Waals surface area contributed by atoms with Crippen molar-refractivity contribution in [1.29, 1.82) is 5.26 Å². The number of hydrogen-bond donors (Lipinski definition) is 1. The van der Waals surface area contributed by atoms with Gasteiger partial charge in [-0.25, -0.2) is 0 Å². The Morgan fingerprint density at radius 2 is 2.35 bits per heavy atom. The smallest absolute Gasteiger partial charge is 0.174 e. The lowest BCUT2D eigenvalue weighted by Crippen LogP contribution is -2.43. The zero-order valence-electron chi connectivity index (χ0n) is 12.2. The van der Waals surface area contributed by atoms with Gasteiger partial charge >= 0.3 is 0 Å². The van der Waals surface area contributed by atoms with Crippen LogP contribution in [-0.2, 0) is 11.3 Å². The lowest BCUT2D eigenvalue weighted by atomic mass is 9.94. The molecule has 0 bridgehead atoms. The van der Waals surface area contributed by atoms with Crippen LogP contribution < -0.4 is 10.1 Å². The van der Waals surface area contributed by atoms with Crippen molar-refractivity contribution in [3.8, 4) is 11.8 Å². The number of ether oxygens (including phenoxy) is 2. The summed E-state index contributed by atoms with van der Waals surface area (Å²) in [5.41, 5.74) is 1.14. The first-order valence-corrected chi connectivity index (χ1v) is 7.05. The van der Waals surface area contributed by atoms with Crippen molar-refractivity contribution in [3.63, 3.8) is 0 Å². The zero-order chi connectivity index (χ0) is 14.4. The Bertz CT molecular complexity index is 480. The SMILES string of the molecule is CC1(C)CC(NCc2cccc(OCC#N)c2)CCO1. The molecule has 1 unspecified atom stereocenters. The van der Waals surface area contributed by atoms with E-state index in [0.717, 1.165) is 31.7 Å². The molecular weight excluding hydrogens is 252 g/mol. The number of rotatable bonds is 5. The van der Waals surface area contributed by atoms with Gasteiger partial charge in [0.25, 0.3) is 0 Å². The van der Waals surface area contributed by atoms with Crippen LogP contribution in [0.4, 0.5) is 0 Å². The Morgan fingerprint density at radius 3 is 3.10 bits per heavy atom. The van der Waals surface area contributed by atoms with Crippen LogP contribution in [0.1, 0.15) is 32.3 Å².